The normalized spacial score (nSPS) is 11.9. The van der Waals surface area contributed by atoms with E-state index in [4.69, 9.17) is 14.5 Å². The molecule has 0 aliphatic carbocycles. The number of carbonyl (C=O) groups excluding carboxylic acids is 2. The molecule has 0 aromatic heterocycles. The summed E-state index contributed by atoms with van der Waals surface area (Å²) in [5.41, 5.74) is 2.66. The number of carbonyl (C=O) groups is 2. The number of fused-ring (bicyclic) bond motifs is 1. The standard InChI is InChI=1S/C17H16BNO5.CH4O/c20-16(23-10-12-4-2-1-3-5-12)9-19-17(21)13-6-7-14-11-24-18(22)15(14)8-13;1-2/h1-8,22H,9-11H2,(H,19,21);2H,1H3. The van der Waals surface area contributed by atoms with Crippen LogP contribution in [0.3, 0.4) is 0 Å². The van der Waals surface area contributed by atoms with E-state index in [9.17, 15) is 14.6 Å². The van der Waals surface area contributed by atoms with Crippen LogP contribution in [0.15, 0.2) is 48.5 Å². The summed E-state index contributed by atoms with van der Waals surface area (Å²) in [7, 11) is -0.0106. The molecule has 0 saturated carbocycles. The summed E-state index contributed by atoms with van der Waals surface area (Å²) in [6.45, 7) is 0.268. The van der Waals surface area contributed by atoms with E-state index >= 15 is 0 Å². The first kappa shape index (κ1) is 19.6. The van der Waals surface area contributed by atoms with Crippen molar-refractivity contribution in [1.29, 1.82) is 0 Å². The van der Waals surface area contributed by atoms with Gasteiger partial charge in [-0.2, -0.15) is 0 Å². The third-order valence-corrected chi connectivity index (χ3v) is 3.71. The number of hydrogen-bond donors (Lipinski definition) is 3. The van der Waals surface area contributed by atoms with Crippen molar-refractivity contribution in [2.75, 3.05) is 13.7 Å². The van der Waals surface area contributed by atoms with Gasteiger partial charge in [-0.25, -0.2) is 0 Å². The van der Waals surface area contributed by atoms with E-state index in [1.807, 2.05) is 30.3 Å². The van der Waals surface area contributed by atoms with E-state index in [0.717, 1.165) is 18.2 Å². The predicted molar refractivity (Wildman–Crippen MR) is 95.6 cm³/mol. The summed E-state index contributed by atoms with van der Waals surface area (Å²) in [6, 6.07) is 14.2. The summed E-state index contributed by atoms with van der Waals surface area (Å²) in [5, 5.41) is 19.2. The molecule has 3 N–H and O–H groups in total. The van der Waals surface area contributed by atoms with Gasteiger partial charge >= 0.3 is 13.1 Å². The molecule has 1 aliphatic rings. The average Bonchev–Trinajstić information content (AvgIpc) is 3.07. The van der Waals surface area contributed by atoms with Gasteiger partial charge in [0.2, 0.25) is 0 Å². The Hall–Kier alpha value is -2.68. The molecule has 1 aliphatic heterocycles. The van der Waals surface area contributed by atoms with Crippen LogP contribution in [0.5, 0.6) is 0 Å². The minimum absolute atomic E-state index is 0.165. The maximum atomic E-state index is 12.1. The average molecular weight is 357 g/mol. The maximum absolute atomic E-state index is 12.1. The van der Waals surface area contributed by atoms with E-state index < -0.39 is 19.0 Å². The molecular formula is C18H20BNO6. The van der Waals surface area contributed by atoms with Crippen molar-refractivity contribution in [2.24, 2.45) is 0 Å². The Morgan fingerprint density at radius 3 is 2.65 bits per heavy atom. The number of nitrogens with one attached hydrogen (secondary N) is 1. The highest BCUT2D eigenvalue weighted by molar-refractivity contribution is 6.61. The van der Waals surface area contributed by atoms with Crippen LogP contribution in [0.2, 0.25) is 0 Å². The van der Waals surface area contributed by atoms with Gasteiger partial charge in [0.25, 0.3) is 5.91 Å². The Balaban J connectivity index is 0.00000117. The van der Waals surface area contributed by atoms with Crippen molar-refractivity contribution in [3.05, 3.63) is 65.2 Å². The van der Waals surface area contributed by atoms with E-state index in [0.29, 0.717) is 17.6 Å². The van der Waals surface area contributed by atoms with E-state index in [-0.39, 0.29) is 13.2 Å². The van der Waals surface area contributed by atoms with E-state index in [1.54, 1.807) is 18.2 Å². The minimum atomic E-state index is -1.01. The summed E-state index contributed by atoms with van der Waals surface area (Å²) < 4.78 is 10.2. The van der Waals surface area contributed by atoms with Crippen molar-refractivity contribution in [3.63, 3.8) is 0 Å². The quantitative estimate of drug-likeness (QED) is 0.513. The van der Waals surface area contributed by atoms with Gasteiger partial charge in [-0.05, 0) is 28.7 Å². The molecule has 1 heterocycles. The largest absolute Gasteiger partial charge is 0.491 e. The number of rotatable bonds is 5. The summed E-state index contributed by atoms with van der Waals surface area (Å²) in [4.78, 5) is 23.8. The second kappa shape index (κ2) is 9.72. The zero-order valence-corrected chi connectivity index (χ0v) is 14.3. The lowest BCUT2D eigenvalue weighted by Gasteiger charge is -2.08. The molecule has 1 amide bonds. The maximum Gasteiger partial charge on any atom is 0.491 e. The minimum Gasteiger partial charge on any atom is -0.460 e. The fourth-order valence-corrected chi connectivity index (χ4v) is 2.40. The van der Waals surface area contributed by atoms with E-state index in [2.05, 4.69) is 5.32 Å². The number of ether oxygens (including phenoxy) is 1. The number of aliphatic hydroxyl groups is 1. The highest BCUT2D eigenvalue weighted by Crippen LogP contribution is 2.11. The van der Waals surface area contributed by atoms with Crippen LogP contribution in [-0.4, -0.2) is 42.8 Å². The van der Waals surface area contributed by atoms with Gasteiger partial charge in [-0.15, -0.1) is 0 Å². The fraction of sp³-hybridized carbons (Fsp3) is 0.222. The van der Waals surface area contributed by atoms with Crippen molar-refractivity contribution in [2.45, 2.75) is 13.2 Å². The molecule has 0 atom stereocenters. The number of esters is 1. The summed E-state index contributed by atoms with van der Waals surface area (Å²) >= 11 is 0. The number of aliphatic hydroxyl groups excluding tert-OH is 1. The Labute approximate surface area is 151 Å². The molecule has 2 aromatic rings. The molecule has 0 bridgehead atoms. The Morgan fingerprint density at radius 2 is 1.92 bits per heavy atom. The monoisotopic (exact) mass is 357 g/mol. The van der Waals surface area contributed by atoms with Gasteiger partial charge in [-0.1, -0.05) is 36.4 Å². The lowest BCUT2D eigenvalue weighted by atomic mass is 9.79. The van der Waals surface area contributed by atoms with E-state index in [1.165, 1.54) is 0 Å². The molecule has 0 fully saturated rings. The molecule has 2 aromatic carbocycles. The number of hydrogen-bond acceptors (Lipinski definition) is 6. The SMILES string of the molecule is CO.O=C(CNC(=O)c1ccc2c(c1)B(O)OC2)OCc1ccccc1. The number of amides is 1. The highest BCUT2D eigenvalue weighted by atomic mass is 16.5. The molecule has 0 spiro atoms. The Kier molecular flexibility index (Phi) is 7.34. The zero-order chi connectivity index (χ0) is 18.9. The second-order valence-corrected chi connectivity index (χ2v) is 5.41. The second-order valence-electron chi connectivity index (χ2n) is 5.41. The van der Waals surface area contributed by atoms with Crippen LogP contribution in [-0.2, 0) is 27.4 Å². The van der Waals surface area contributed by atoms with Gasteiger partial charge in [0.1, 0.15) is 13.2 Å². The first-order chi connectivity index (χ1) is 12.6. The fourth-order valence-electron chi connectivity index (χ4n) is 2.40. The summed E-state index contributed by atoms with van der Waals surface area (Å²) in [5.74, 6) is -0.926. The lowest BCUT2D eigenvalue weighted by Crippen LogP contribution is -2.33. The van der Waals surface area contributed by atoms with Crippen molar-refractivity contribution < 1.29 is 29.1 Å². The van der Waals surface area contributed by atoms with Gasteiger partial charge in [-0.3, -0.25) is 9.59 Å². The van der Waals surface area contributed by atoms with Crippen molar-refractivity contribution >= 4 is 24.5 Å². The first-order valence-electron chi connectivity index (χ1n) is 7.98. The molecule has 0 unspecified atom stereocenters. The predicted octanol–water partition coefficient (Wildman–Crippen LogP) is -0.0140. The lowest BCUT2D eigenvalue weighted by molar-refractivity contribution is -0.143. The van der Waals surface area contributed by atoms with Crippen LogP contribution < -0.4 is 10.8 Å². The molecule has 3 rings (SSSR count). The third-order valence-electron chi connectivity index (χ3n) is 3.71. The van der Waals surface area contributed by atoms with Gasteiger partial charge in [0.05, 0.1) is 6.61 Å². The smallest absolute Gasteiger partial charge is 0.460 e. The van der Waals surface area contributed by atoms with Crippen LogP contribution in [0.25, 0.3) is 0 Å². The molecule has 0 radical (unpaired) electrons. The van der Waals surface area contributed by atoms with Crippen LogP contribution in [0, 0.1) is 0 Å². The Bertz CT molecular complexity index is 753. The highest BCUT2D eigenvalue weighted by Gasteiger charge is 2.28. The molecule has 7 nitrogen and oxygen atoms in total. The van der Waals surface area contributed by atoms with Crippen LogP contribution >= 0.6 is 0 Å². The van der Waals surface area contributed by atoms with Crippen molar-refractivity contribution in [3.8, 4) is 0 Å². The molecule has 0 saturated heterocycles. The van der Waals surface area contributed by atoms with Crippen LogP contribution in [0.4, 0.5) is 0 Å². The molecule has 136 valence electrons. The summed E-state index contributed by atoms with van der Waals surface area (Å²) in [6.07, 6.45) is 0. The molecular weight excluding hydrogens is 337 g/mol. The molecule has 26 heavy (non-hydrogen) atoms. The van der Waals surface area contributed by atoms with Crippen molar-refractivity contribution in [1.82, 2.24) is 5.32 Å². The first-order valence-corrected chi connectivity index (χ1v) is 7.98. The van der Waals surface area contributed by atoms with Gasteiger partial charge in [0, 0.05) is 12.7 Å². The van der Waals surface area contributed by atoms with Crippen LogP contribution in [0.1, 0.15) is 21.5 Å². The Morgan fingerprint density at radius 1 is 1.19 bits per heavy atom. The van der Waals surface area contributed by atoms with Gasteiger partial charge < -0.3 is 24.8 Å². The topological polar surface area (TPSA) is 105 Å². The number of benzene rings is 2. The molecule has 8 heteroatoms. The van der Waals surface area contributed by atoms with Gasteiger partial charge in [0.15, 0.2) is 0 Å². The third kappa shape index (κ3) is 5.16. The zero-order valence-electron chi connectivity index (χ0n) is 14.3.